The molecule has 358 valence electrons. The van der Waals surface area contributed by atoms with Crippen molar-refractivity contribution in [1.29, 1.82) is 0 Å². The number of hydrogen-bond acceptors (Lipinski definition) is 8. The van der Waals surface area contributed by atoms with Gasteiger partial charge in [-0.15, -0.1) is 0 Å². The fraction of sp³-hybridized carbons (Fsp3) is 0.560. The molecule has 4 aliphatic rings. The Balaban J connectivity index is 0.909. The molecular formula is C50H64F2N4O8S2. The van der Waals surface area contributed by atoms with Crippen LogP contribution in [0, 0.1) is 38.3 Å². The quantitative estimate of drug-likeness (QED) is 0.0929. The van der Waals surface area contributed by atoms with Gasteiger partial charge in [-0.2, -0.15) is 0 Å². The highest BCUT2D eigenvalue weighted by molar-refractivity contribution is 7.90. The molecule has 4 atom stereocenters. The van der Waals surface area contributed by atoms with Crippen molar-refractivity contribution in [2.24, 2.45) is 5.92 Å². The lowest BCUT2D eigenvalue weighted by atomic mass is 9.83. The number of ether oxygens (including phenoxy) is 2. The number of nitrogens with zero attached hydrogens (tertiary/aromatic N) is 2. The standard InChI is InChI=1S/C50H64F2N4O8S2/c1-32-20-34(3)49(57)55(28-32)43(30-63-45-14-10-35(11-15-45)37-6-4-8-41(51)23-37)27-54-66(61,62)48-25-39(48)22-40-21-33(2)29-56(50(40)58)44(26-53-65(59,60)47-18-19-47)31-64-46-16-12-36(13-17-46)38-7-5-9-42(52)24-38/h4-9,20-21,23-24,28-29,35-36,39,43-48,53-54H,10-19,22,25-27,30-31H2,1-3H3. The summed E-state index contributed by atoms with van der Waals surface area (Å²) in [6, 6.07) is 15.7. The van der Waals surface area contributed by atoms with Crippen LogP contribution in [0.5, 0.6) is 0 Å². The maximum atomic E-state index is 14.3. The van der Waals surface area contributed by atoms with Crippen LogP contribution in [-0.4, -0.2) is 75.0 Å². The lowest BCUT2D eigenvalue weighted by Gasteiger charge is -2.31. The second kappa shape index (κ2) is 20.7. The summed E-state index contributed by atoms with van der Waals surface area (Å²) in [5.41, 5.74) is 4.04. The molecule has 2 N–H and O–H groups in total. The smallest absolute Gasteiger partial charge is 0.254 e. The van der Waals surface area contributed by atoms with E-state index in [9.17, 15) is 35.2 Å². The Bertz CT molecular complexity index is 2690. The van der Waals surface area contributed by atoms with Crippen LogP contribution in [0.3, 0.4) is 0 Å². The first-order chi connectivity index (χ1) is 31.5. The van der Waals surface area contributed by atoms with Crippen molar-refractivity contribution in [2.45, 2.75) is 144 Å². The second-order valence-corrected chi connectivity index (χ2v) is 23.5. The van der Waals surface area contributed by atoms with E-state index in [1.807, 2.05) is 26.0 Å². The van der Waals surface area contributed by atoms with Crippen molar-refractivity contribution in [2.75, 3.05) is 26.3 Å². The van der Waals surface area contributed by atoms with E-state index in [1.54, 1.807) is 64.8 Å². The summed E-state index contributed by atoms with van der Waals surface area (Å²) in [4.78, 5) is 27.7. The van der Waals surface area contributed by atoms with Gasteiger partial charge in [0.1, 0.15) is 11.6 Å². The van der Waals surface area contributed by atoms with Crippen molar-refractivity contribution in [3.8, 4) is 0 Å². The summed E-state index contributed by atoms with van der Waals surface area (Å²) in [6.45, 7) is 5.60. The summed E-state index contributed by atoms with van der Waals surface area (Å²) >= 11 is 0. The Kier molecular flexibility index (Phi) is 15.2. The van der Waals surface area contributed by atoms with Crippen LogP contribution in [0.25, 0.3) is 0 Å². The zero-order valence-corrected chi connectivity index (χ0v) is 39.8. The van der Waals surface area contributed by atoms with Crippen LogP contribution in [0.4, 0.5) is 8.78 Å². The van der Waals surface area contributed by atoms with Gasteiger partial charge in [-0.1, -0.05) is 24.3 Å². The SMILES string of the molecule is Cc1cc(C)c(=O)n(C(CNS(=O)(=O)C2CC2Cc2cc(C)cn(C(CNS(=O)(=O)C3CC3)COC3CCC(c4cccc(F)c4)CC3)c2=O)COC2CCC(c3cccc(F)c3)CC2)c1. The van der Waals surface area contributed by atoms with Gasteiger partial charge in [-0.3, -0.25) is 9.59 Å². The van der Waals surface area contributed by atoms with Gasteiger partial charge in [0.05, 0.1) is 48.0 Å². The minimum absolute atomic E-state index is 0.0325. The van der Waals surface area contributed by atoms with Crippen LogP contribution >= 0.6 is 0 Å². The predicted octanol–water partition coefficient (Wildman–Crippen LogP) is 7.41. The summed E-state index contributed by atoms with van der Waals surface area (Å²) in [5, 5.41) is -1.18. The molecule has 2 aromatic heterocycles. The molecule has 4 aromatic rings. The number of pyridine rings is 2. The summed E-state index contributed by atoms with van der Waals surface area (Å²) in [7, 11) is -7.44. The molecule has 66 heavy (non-hydrogen) atoms. The molecule has 8 rings (SSSR count). The number of hydrogen-bond donors (Lipinski definition) is 2. The van der Waals surface area contributed by atoms with E-state index in [2.05, 4.69) is 9.44 Å². The molecule has 2 heterocycles. The average molecular weight is 951 g/mol. The zero-order valence-electron chi connectivity index (χ0n) is 38.2. The number of aryl methyl sites for hydroxylation is 3. The second-order valence-electron chi connectivity index (χ2n) is 19.4. The maximum absolute atomic E-state index is 14.3. The monoisotopic (exact) mass is 950 g/mol. The largest absolute Gasteiger partial charge is 0.376 e. The first kappa shape index (κ1) is 48.4. The first-order valence-corrected chi connectivity index (χ1v) is 26.7. The molecule has 4 fully saturated rings. The molecule has 16 heteroatoms. The van der Waals surface area contributed by atoms with Crippen LogP contribution in [0.1, 0.15) is 128 Å². The number of sulfonamides is 2. The van der Waals surface area contributed by atoms with E-state index < -0.39 is 42.6 Å². The number of benzene rings is 2. The van der Waals surface area contributed by atoms with E-state index in [0.717, 1.165) is 73.6 Å². The lowest BCUT2D eigenvalue weighted by Crippen LogP contribution is -2.40. The van der Waals surface area contributed by atoms with Crippen LogP contribution in [0.2, 0.25) is 0 Å². The van der Waals surface area contributed by atoms with Crippen molar-refractivity contribution in [3.63, 3.8) is 0 Å². The van der Waals surface area contributed by atoms with Crippen molar-refractivity contribution in [3.05, 3.63) is 139 Å². The molecule has 0 saturated heterocycles. The summed E-state index contributed by atoms with van der Waals surface area (Å²) in [5.74, 6) is -0.372. The fourth-order valence-electron chi connectivity index (χ4n) is 10.2. The normalized spacial score (nSPS) is 24.5. The summed E-state index contributed by atoms with van der Waals surface area (Å²) in [6.07, 6.45) is 11.3. The van der Waals surface area contributed by atoms with Crippen molar-refractivity contribution < 1.29 is 35.1 Å². The zero-order chi connectivity index (χ0) is 46.8. The molecule has 0 aliphatic heterocycles. The minimum atomic E-state index is -3.87. The Morgan fingerprint density at radius 2 is 1.12 bits per heavy atom. The molecule has 2 aromatic carbocycles. The van der Waals surface area contributed by atoms with Gasteiger partial charge in [-0.05, 0) is 174 Å². The van der Waals surface area contributed by atoms with E-state index in [1.165, 1.54) is 12.1 Å². The summed E-state index contributed by atoms with van der Waals surface area (Å²) < 4.78 is 103. The van der Waals surface area contributed by atoms with Crippen LogP contribution < -0.4 is 20.6 Å². The molecule has 4 unspecified atom stereocenters. The van der Waals surface area contributed by atoms with E-state index in [4.69, 9.17) is 9.47 Å². The minimum Gasteiger partial charge on any atom is -0.376 e. The van der Waals surface area contributed by atoms with Crippen molar-refractivity contribution >= 4 is 20.0 Å². The molecule has 0 radical (unpaired) electrons. The van der Waals surface area contributed by atoms with E-state index in [0.29, 0.717) is 30.4 Å². The van der Waals surface area contributed by atoms with Gasteiger partial charge >= 0.3 is 0 Å². The number of nitrogens with one attached hydrogen (secondary N) is 2. The van der Waals surface area contributed by atoms with Gasteiger partial charge in [-0.25, -0.2) is 35.1 Å². The molecular weight excluding hydrogens is 887 g/mol. The maximum Gasteiger partial charge on any atom is 0.254 e. The van der Waals surface area contributed by atoms with Gasteiger partial charge in [0.25, 0.3) is 11.1 Å². The Hall–Kier alpha value is -4.06. The molecule has 12 nitrogen and oxygen atoms in total. The van der Waals surface area contributed by atoms with E-state index in [-0.39, 0.29) is 85.4 Å². The topological polar surface area (TPSA) is 155 Å². The third-order valence-corrected chi connectivity index (χ3v) is 18.0. The van der Waals surface area contributed by atoms with Crippen molar-refractivity contribution in [1.82, 2.24) is 18.6 Å². The molecule has 0 bridgehead atoms. The average Bonchev–Trinajstić information content (AvgIpc) is 4.23. The van der Waals surface area contributed by atoms with Gasteiger partial charge < -0.3 is 18.6 Å². The molecule has 4 aliphatic carbocycles. The highest BCUT2D eigenvalue weighted by atomic mass is 32.2. The van der Waals surface area contributed by atoms with Crippen LogP contribution in [0.15, 0.2) is 82.6 Å². The Morgan fingerprint density at radius 1 is 0.636 bits per heavy atom. The molecule has 4 saturated carbocycles. The number of aromatic nitrogens is 2. The number of halogens is 2. The van der Waals surface area contributed by atoms with Gasteiger partial charge in [0, 0.05) is 36.6 Å². The molecule has 0 spiro atoms. The highest BCUT2D eigenvalue weighted by Gasteiger charge is 2.47. The van der Waals surface area contributed by atoms with Crippen LogP contribution in [-0.2, 0) is 35.9 Å². The Labute approximate surface area is 387 Å². The highest BCUT2D eigenvalue weighted by Crippen LogP contribution is 2.40. The van der Waals surface area contributed by atoms with E-state index >= 15 is 0 Å². The third kappa shape index (κ3) is 12.1. The van der Waals surface area contributed by atoms with Gasteiger partial charge in [0.2, 0.25) is 20.0 Å². The fourth-order valence-corrected chi connectivity index (χ4v) is 13.3. The predicted molar refractivity (Wildman–Crippen MR) is 251 cm³/mol. The third-order valence-electron chi connectivity index (χ3n) is 14.2. The van der Waals surface area contributed by atoms with Gasteiger partial charge in [0.15, 0.2) is 0 Å². The lowest BCUT2D eigenvalue weighted by molar-refractivity contribution is 0.00720. The Morgan fingerprint density at radius 3 is 1.62 bits per heavy atom. The first-order valence-electron chi connectivity index (χ1n) is 23.6. The molecule has 0 amide bonds. The number of rotatable bonds is 20.